The Kier molecular flexibility index (Phi) is 4.72. The van der Waals surface area contributed by atoms with Gasteiger partial charge in [0.2, 0.25) is 11.8 Å². The number of fused-ring (bicyclic) bond motifs is 2. The molecule has 3 amide bonds. The molecule has 33 heavy (non-hydrogen) atoms. The minimum absolute atomic E-state index is 0.168. The molecular weight excluding hydrogens is 420 g/mol. The van der Waals surface area contributed by atoms with Crippen molar-refractivity contribution in [2.45, 2.75) is 44.8 Å². The zero-order valence-electron chi connectivity index (χ0n) is 18.1. The highest BCUT2D eigenvalue weighted by molar-refractivity contribution is 6.05. The first kappa shape index (κ1) is 20.0. The number of imide groups is 1. The van der Waals surface area contributed by atoms with Gasteiger partial charge in [-0.15, -0.1) is 0 Å². The van der Waals surface area contributed by atoms with E-state index >= 15 is 0 Å². The van der Waals surface area contributed by atoms with E-state index in [9.17, 15) is 14.4 Å². The van der Waals surface area contributed by atoms with Crippen LogP contribution in [-0.4, -0.2) is 61.8 Å². The van der Waals surface area contributed by atoms with Crippen molar-refractivity contribution in [3.63, 3.8) is 0 Å². The summed E-state index contributed by atoms with van der Waals surface area (Å²) in [6.07, 6.45) is 4.80. The largest absolute Gasteiger partial charge is 0.322 e. The molecule has 1 aromatic carbocycles. The summed E-state index contributed by atoms with van der Waals surface area (Å²) in [6.45, 7) is 3.40. The Morgan fingerprint density at radius 2 is 1.94 bits per heavy atom. The Balaban J connectivity index is 1.32. The van der Waals surface area contributed by atoms with E-state index in [2.05, 4.69) is 26.5 Å². The number of carbonyl (C=O) groups excluding carboxylic acids is 3. The maximum Gasteiger partial charge on any atom is 0.255 e. The number of H-pyrrole nitrogens is 1. The van der Waals surface area contributed by atoms with Gasteiger partial charge in [-0.25, -0.2) is 4.98 Å². The van der Waals surface area contributed by atoms with Gasteiger partial charge in [0.25, 0.3) is 5.91 Å². The fourth-order valence-electron chi connectivity index (χ4n) is 5.19. The topological polar surface area (TPSA) is 111 Å². The molecule has 1 unspecified atom stereocenters. The van der Waals surface area contributed by atoms with E-state index in [0.717, 1.165) is 53.1 Å². The molecule has 2 N–H and O–H groups in total. The summed E-state index contributed by atoms with van der Waals surface area (Å²) < 4.78 is 0. The van der Waals surface area contributed by atoms with Gasteiger partial charge in [0.15, 0.2) is 0 Å². The van der Waals surface area contributed by atoms with Crippen LogP contribution in [0.4, 0.5) is 0 Å². The molecule has 9 nitrogen and oxygen atoms in total. The number of carbonyl (C=O) groups is 3. The zero-order chi connectivity index (χ0) is 22.5. The Morgan fingerprint density at radius 1 is 1.09 bits per heavy atom. The first-order valence-corrected chi connectivity index (χ1v) is 11.4. The Bertz CT molecular complexity index is 1290. The number of benzene rings is 1. The van der Waals surface area contributed by atoms with E-state index in [1.807, 2.05) is 18.2 Å². The minimum atomic E-state index is -0.612. The van der Waals surface area contributed by atoms with Gasteiger partial charge in [-0.3, -0.25) is 29.7 Å². The summed E-state index contributed by atoms with van der Waals surface area (Å²) in [7, 11) is 0. The number of nitrogens with zero attached hydrogens (tertiary/aromatic N) is 4. The number of pyridine rings is 1. The van der Waals surface area contributed by atoms with Crippen molar-refractivity contribution in [3.05, 3.63) is 47.2 Å². The molecular formula is C24H24N6O3. The predicted octanol–water partition coefficient (Wildman–Crippen LogP) is 1.98. The lowest BCUT2D eigenvalue weighted by molar-refractivity contribution is -0.136. The molecule has 0 spiro atoms. The van der Waals surface area contributed by atoms with Gasteiger partial charge >= 0.3 is 0 Å². The van der Waals surface area contributed by atoms with E-state index in [1.54, 1.807) is 11.1 Å². The van der Waals surface area contributed by atoms with Gasteiger partial charge in [-0.2, -0.15) is 5.10 Å². The van der Waals surface area contributed by atoms with Crippen LogP contribution >= 0.6 is 0 Å². The molecule has 2 saturated heterocycles. The second kappa shape index (κ2) is 7.77. The summed E-state index contributed by atoms with van der Waals surface area (Å²) in [5.74, 6) is -0.849. The maximum absolute atomic E-state index is 13.0. The maximum atomic E-state index is 13.0. The monoisotopic (exact) mass is 444 g/mol. The van der Waals surface area contributed by atoms with E-state index < -0.39 is 11.9 Å². The first-order valence-electron chi connectivity index (χ1n) is 11.4. The van der Waals surface area contributed by atoms with Crippen LogP contribution in [0.15, 0.2) is 30.5 Å². The number of amides is 3. The van der Waals surface area contributed by atoms with Crippen molar-refractivity contribution >= 4 is 28.8 Å². The lowest BCUT2D eigenvalue weighted by Gasteiger charge is -2.29. The van der Waals surface area contributed by atoms with Crippen LogP contribution in [0.2, 0.25) is 0 Å². The number of hydrogen-bond donors (Lipinski definition) is 2. The number of rotatable bonds is 4. The molecule has 2 aromatic heterocycles. The van der Waals surface area contributed by atoms with Crippen molar-refractivity contribution < 1.29 is 14.4 Å². The molecule has 0 saturated carbocycles. The number of aromatic amines is 1. The number of likely N-dealkylation sites (tertiary alicyclic amines) is 1. The molecule has 0 bridgehead atoms. The van der Waals surface area contributed by atoms with Crippen LogP contribution in [0.5, 0.6) is 0 Å². The SMILES string of the molecule is O=C1CCC(N2Cc3cc(-c4cc(CN5CCCC5)c5[nH]ncc5n4)ccc3C2=O)C(=O)N1. The molecule has 168 valence electrons. The first-order chi connectivity index (χ1) is 16.1. The van der Waals surface area contributed by atoms with E-state index in [1.165, 1.54) is 12.8 Å². The lowest BCUT2D eigenvalue weighted by atomic mass is 10.0. The Hall–Kier alpha value is -3.59. The summed E-state index contributed by atoms with van der Waals surface area (Å²) in [5, 5.41) is 9.63. The molecule has 3 aliphatic rings. The fourth-order valence-corrected chi connectivity index (χ4v) is 5.19. The van der Waals surface area contributed by atoms with E-state index in [-0.39, 0.29) is 18.2 Å². The van der Waals surface area contributed by atoms with E-state index in [4.69, 9.17) is 4.98 Å². The van der Waals surface area contributed by atoms with Crippen LogP contribution in [0.25, 0.3) is 22.3 Å². The standard InChI is InChI=1S/C24H24N6O3/c31-21-6-5-20(23(32)27-21)30-13-15-9-14(3-4-17(15)24(30)33)18-10-16(12-29-7-1-2-8-29)22-19(26-18)11-25-28-22/h3-4,9-11,20H,1-2,5-8,12-13H2,(H,25,28)(H,27,31,32). The van der Waals surface area contributed by atoms with Crippen LogP contribution < -0.4 is 5.32 Å². The van der Waals surface area contributed by atoms with Crippen LogP contribution in [-0.2, 0) is 22.7 Å². The minimum Gasteiger partial charge on any atom is -0.322 e. The summed E-state index contributed by atoms with van der Waals surface area (Å²) in [5.41, 5.74) is 6.19. The van der Waals surface area contributed by atoms with Crippen LogP contribution in [0.3, 0.4) is 0 Å². The molecule has 3 aromatic rings. The fraction of sp³-hybridized carbons (Fsp3) is 0.375. The quantitative estimate of drug-likeness (QED) is 0.596. The van der Waals surface area contributed by atoms with Gasteiger partial charge in [-0.05, 0) is 61.7 Å². The third-order valence-electron chi connectivity index (χ3n) is 6.90. The highest BCUT2D eigenvalue weighted by Crippen LogP contribution is 2.32. The third kappa shape index (κ3) is 3.48. The van der Waals surface area contributed by atoms with Crippen molar-refractivity contribution in [1.82, 2.24) is 30.3 Å². The molecule has 0 aliphatic carbocycles. The summed E-state index contributed by atoms with van der Waals surface area (Å²) >= 11 is 0. The van der Waals surface area contributed by atoms with Crippen molar-refractivity contribution in [2.75, 3.05) is 13.1 Å². The smallest absolute Gasteiger partial charge is 0.255 e. The van der Waals surface area contributed by atoms with Gasteiger partial charge in [-0.1, -0.05) is 6.07 Å². The molecule has 3 aliphatic heterocycles. The van der Waals surface area contributed by atoms with Gasteiger partial charge in [0.1, 0.15) is 11.6 Å². The summed E-state index contributed by atoms with van der Waals surface area (Å²) in [6, 6.07) is 7.22. The van der Waals surface area contributed by atoms with Crippen LogP contribution in [0, 0.1) is 0 Å². The van der Waals surface area contributed by atoms with Gasteiger partial charge in [0.05, 0.1) is 17.4 Å². The van der Waals surface area contributed by atoms with Crippen molar-refractivity contribution in [3.8, 4) is 11.3 Å². The van der Waals surface area contributed by atoms with Gasteiger partial charge < -0.3 is 4.90 Å². The number of aromatic nitrogens is 3. The average Bonchev–Trinajstić information content (AvgIpc) is 3.54. The highest BCUT2D eigenvalue weighted by atomic mass is 16.2. The highest BCUT2D eigenvalue weighted by Gasteiger charge is 2.39. The lowest BCUT2D eigenvalue weighted by Crippen LogP contribution is -2.52. The number of nitrogens with one attached hydrogen (secondary N) is 2. The van der Waals surface area contributed by atoms with Crippen molar-refractivity contribution in [1.29, 1.82) is 0 Å². The normalized spacial score (nSPS) is 21.2. The summed E-state index contributed by atoms with van der Waals surface area (Å²) in [4.78, 5) is 45.6. The molecule has 6 rings (SSSR count). The zero-order valence-corrected chi connectivity index (χ0v) is 18.1. The van der Waals surface area contributed by atoms with E-state index in [0.29, 0.717) is 18.5 Å². The molecule has 2 fully saturated rings. The predicted molar refractivity (Wildman–Crippen MR) is 120 cm³/mol. The second-order valence-electron chi connectivity index (χ2n) is 9.05. The molecule has 5 heterocycles. The third-order valence-corrected chi connectivity index (χ3v) is 6.90. The average molecular weight is 444 g/mol. The van der Waals surface area contributed by atoms with Gasteiger partial charge in [0, 0.05) is 30.6 Å². The second-order valence-corrected chi connectivity index (χ2v) is 9.05. The molecule has 0 radical (unpaired) electrons. The molecule has 9 heteroatoms. The Morgan fingerprint density at radius 3 is 2.76 bits per heavy atom. The number of piperidine rings is 1. The Labute approximate surface area is 190 Å². The molecule has 1 atom stereocenters. The number of hydrogen-bond acceptors (Lipinski definition) is 6. The van der Waals surface area contributed by atoms with Crippen LogP contribution in [0.1, 0.15) is 47.2 Å². The van der Waals surface area contributed by atoms with Crippen molar-refractivity contribution in [2.24, 2.45) is 0 Å².